The topological polar surface area (TPSA) is 53.4 Å². The van der Waals surface area contributed by atoms with Crippen molar-refractivity contribution in [3.8, 4) is 0 Å². The molecule has 120 valence electrons. The van der Waals surface area contributed by atoms with Crippen molar-refractivity contribution in [3.63, 3.8) is 0 Å². The first kappa shape index (κ1) is 15.6. The van der Waals surface area contributed by atoms with Crippen molar-refractivity contribution in [3.05, 3.63) is 65.7 Å². The van der Waals surface area contributed by atoms with Crippen LogP contribution in [-0.4, -0.2) is 34.0 Å². The van der Waals surface area contributed by atoms with Crippen molar-refractivity contribution in [2.75, 3.05) is 13.1 Å². The molecule has 0 radical (unpaired) electrons. The molecule has 2 heterocycles. The quantitative estimate of drug-likeness (QED) is 0.942. The fraction of sp³-hybridized carbons (Fsp3) is 0.333. The molecule has 2 atom stereocenters. The lowest BCUT2D eigenvalue weighted by Crippen LogP contribution is -2.41. The molecule has 0 aliphatic carbocycles. The highest BCUT2D eigenvalue weighted by Crippen LogP contribution is 2.32. The van der Waals surface area contributed by atoms with Crippen LogP contribution in [0.5, 0.6) is 0 Å². The van der Waals surface area contributed by atoms with Gasteiger partial charge in [-0.2, -0.15) is 0 Å². The molecular weight excluding hydrogens is 295 g/mol. The van der Waals surface area contributed by atoms with Gasteiger partial charge in [0.2, 0.25) is 0 Å². The van der Waals surface area contributed by atoms with Crippen molar-refractivity contribution in [2.24, 2.45) is 5.92 Å². The van der Waals surface area contributed by atoms with E-state index in [1.165, 1.54) is 12.1 Å². The number of nitrogens with zero attached hydrogens (tertiary/aromatic N) is 2. The van der Waals surface area contributed by atoms with Gasteiger partial charge in [0.05, 0.1) is 12.0 Å². The normalized spacial score (nSPS) is 20.1. The van der Waals surface area contributed by atoms with Crippen LogP contribution in [0.1, 0.15) is 30.0 Å². The van der Waals surface area contributed by atoms with Gasteiger partial charge in [0.1, 0.15) is 5.82 Å². The Labute approximate surface area is 134 Å². The Morgan fingerprint density at radius 1 is 1.26 bits per heavy atom. The smallest absolute Gasteiger partial charge is 0.307 e. The summed E-state index contributed by atoms with van der Waals surface area (Å²) in [5, 5.41) is 9.33. The van der Waals surface area contributed by atoms with E-state index in [4.69, 9.17) is 0 Å². The summed E-state index contributed by atoms with van der Waals surface area (Å²) < 4.78 is 13.7. The monoisotopic (exact) mass is 314 g/mol. The average molecular weight is 314 g/mol. The first-order valence-electron chi connectivity index (χ1n) is 7.77. The summed E-state index contributed by atoms with van der Waals surface area (Å²) in [4.78, 5) is 17.5. The Balaban J connectivity index is 1.97. The molecule has 1 aliphatic heterocycles. The number of carboxylic acids is 1. The van der Waals surface area contributed by atoms with Crippen molar-refractivity contribution >= 4 is 5.97 Å². The zero-order chi connectivity index (χ0) is 16.2. The first-order valence-corrected chi connectivity index (χ1v) is 7.77. The number of piperidine rings is 1. The molecule has 1 saturated heterocycles. The largest absolute Gasteiger partial charge is 0.481 e. The summed E-state index contributed by atoms with van der Waals surface area (Å²) in [6.07, 6.45) is 4.94. The highest BCUT2D eigenvalue weighted by molar-refractivity contribution is 5.70. The zero-order valence-corrected chi connectivity index (χ0v) is 12.7. The third-order valence-corrected chi connectivity index (χ3v) is 4.35. The van der Waals surface area contributed by atoms with Gasteiger partial charge in [-0.25, -0.2) is 4.39 Å². The van der Waals surface area contributed by atoms with E-state index >= 15 is 0 Å². The van der Waals surface area contributed by atoms with Gasteiger partial charge >= 0.3 is 5.97 Å². The van der Waals surface area contributed by atoms with Crippen LogP contribution in [0.2, 0.25) is 0 Å². The molecule has 2 unspecified atom stereocenters. The van der Waals surface area contributed by atoms with E-state index < -0.39 is 5.97 Å². The molecule has 0 bridgehead atoms. The summed E-state index contributed by atoms with van der Waals surface area (Å²) in [6.45, 7) is 1.27. The fourth-order valence-corrected chi connectivity index (χ4v) is 3.28. The number of carboxylic acid groups (broad SMARTS) is 1. The van der Waals surface area contributed by atoms with Crippen LogP contribution in [0.15, 0.2) is 48.8 Å². The minimum atomic E-state index is -0.762. The number of aromatic nitrogens is 1. The number of hydrogen-bond donors (Lipinski definition) is 1. The second kappa shape index (κ2) is 6.87. The summed E-state index contributed by atoms with van der Waals surface area (Å²) >= 11 is 0. The standard InChI is InChI=1S/C18H19FN2O2/c19-16-5-1-3-14(11-16)17(13-6-8-20-9-7-13)21-10-2-4-15(12-21)18(22)23/h1,3,5-9,11,15,17H,2,4,10,12H2,(H,22,23). The van der Waals surface area contributed by atoms with Crippen molar-refractivity contribution in [2.45, 2.75) is 18.9 Å². The summed E-state index contributed by atoms with van der Waals surface area (Å²) in [5.41, 5.74) is 1.83. The highest BCUT2D eigenvalue weighted by Gasteiger charge is 2.31. The number of carbonyl (C=O) groups is 1. The molecule has 2 aromatic rings. The van der Waals surface area contributed by atoms with Gasteiger partial charge in [-0.15, -0.1) is 0 Å². The number of likely N-dealkylation sites (tertiary alicyclic amines) is 1. The molecule has 1 aromatic carbocycles. The summed E-state index contributed by atoms with van der Waals surface area (Å²) in [7, 11) is 0. The number of pyridine rings is 1. The van der Waals surface area contributed by atoms with E-state index in [2.05, 4.69) is 9.88 Å². The minimum Gasteiger partial charge on any atom is -0.481 e. The van der Waals surface area contributed by atoms with E-state index in [9.17, 15) is 14.3 Å². The molecule has 0 saturated carbocycles. The van der Waals surface area contributed by atoms with E-state index in [1.54, 1.807) is 18.5 Å². The van der Waals surface area contributed by atoms with Crippen LogP contribution in [0, 0.1) is 11.7 Å². The molecule has 0 spiro atoms. The van der Waals surface area contributed by atoms with E-state index in [0.29, 0.717) is 13.0 Å². The van der Waals surface area contributed by atoms with Crippen LogP contribution in [0.4, 0.5) is 4.39 Å². The van der Waals surface area contributed by atoms with Gasteiger partial charge in [0.25, 0.3) is 0 Å². The Morgan fingerprint density at radius 3 is 2.74 bits per heavy atom. The van der Waals surface area contributed by atoms with E-state index in [1.807, 2.05) is 18.2 Å². The minimum absolute atomic E-state index is 0.157. The molecule has 23 heavy (non-hydrogen) atoms. The number of halogens is 1. The maximum absolute atomic E-state index is 13.7. The number of benzene rings is 1. The van der Waals surface area contributed by atoms with Gasteiger partial charge in [-0.1, -0.05) is 12.1 Å². The van der Waals surface area contributed by atoms with E-state index in [-0.39, 0.29) is 17.8 Å². The van der Waals surface area contributed by atoms with Gasteiger partial charge in [0.15, 0.2) is 0 Å². The number of aliphatic carboxylic acids is 1. The third kappa shape index (κ3) is 3.56. The lowest BCUT2D eigenvalue weighted by Gasteiger charge is -2.37. The molecule has 1 aliphatic rings. The fourth-order valence-electron chi connectivity index (χ4n) is 3.28. The van der Waals surface area contributed by atoms with Gasteiger partial charge in [-0.3, -0.25) is 14.7 Å². The van der Waals surface area contributed by atoms with Crippen molar-refractivity contribution in [1.29, 1.82) is 0 Å². The third-order valence-electron chi connectivity index (χ3n) is 4.35. The number of rotatable bonds is 4. The van der Waals surface area contributed by atoms with Gasteiger partial charge in [0, 0.05) is 18.9 Å². The maximum atomic E-state index is 13.7. The summed E-state index contributed by atoms with van der Waals surface area (Å²) in [6, 6.07) is 10.2. The lowest BCUT2D eigenvalue weighted by molar-refractivity contribution is -0.143. The van der Waals surface area contributed by atoms with E-state index in [0.717, 1.165) is 24.1 Å². The Kier molecular flexibility index (Phi) is 4.67. The molecule has 1 aromatic heterocycles. The van der Waals surface area contributed by atoms with Crippen LogP contribution in [0.3, 0.4) is 0 Å². The predicted molar refractivity (Wildman–Crippen MR) is 84.4 cm³/mol. The lowest BCUT2D eigenvalue weighted by atomic mass is 9.92. The zero-order valence-electron chi connectivity index (χ0n) is 12.7. The maximum Gasteiger partial charge on any atom is 0.307 e. The highest BCUT2D eigenvalue weighted by atomic mass is 19.1. The average Bonchev–Trinajstić information content (AvgIpc) is 2.56. The second-order valence-corrected chi connectivity index (χ2v) is 5.91. The van der Waals surface area contributed by atoms with Gasteiger partial charge in [-0.05, 0) is 54.8 Å². The Bertz CT molecular complexity index is 678. The molecule has 3 rings (SSSR count). The number of hydrogen-bond acceptors (Lipinski definition) is 3. The van der Waals surface area contributed by atoms with Crippen LogP contribution in [0.25, 0.3) is 0 Å². The second-order valence-electron chi connectivity index (χ2n) is 5.91. The molecule has 4 nitrogen and oxygen atoms in total. The Hall–Kier alpha value is -2.27. The molecule has 1 N–H and O–H groups in total. The molecule has 5 heteroatoms. The molecule has 0 amide bonds. The Morgan fingerprint density at radius 2 is 2.04 bits per heavy atom. The van der Waals surface area contributed by atoms with Gasteiger partial charge < -0.3 is 5.11 Å². The van der Waals surface area contributed by atoms with Crippen LogP contribution >= 0.6 is 0 Å². The van der Waals surface area contributed by atoms with Crippen molar-refractivity contribution < 1.29 is 14.3 Å². The SMILES string of the molecule is O=C(O)C1CCCN(C(c2ccncc2)c2cccc(F)c2)C1. The molecular formula is C18H19FN2O2. The summed E-state index contributed by atoms with van der Waals surface area (Å²) in [5.74, 6) is -1.42. The predicted octanol–water partition coefficient (Wildman–Crippen LogP) is 3.11. The van der Waals surface area contributed by atoms with Crippen LogP contribution < -0.4 is 0 Å². The first-order chi connectivity index (χ1) is 11.1. The van der Waals surface area contributed by atoms with Crippen LogP contribution in [-0.2, 0) is 4.79 Å². The van der Waals surface area contributed by atoms with Crippen molar-refractivity contribution in [1.82, 2.24) is 9.88 Å². The molecule has 1 fully saturated rings.